The third kappa shape index (κ3) is 40.8. The van der Waals surface area contributed by atoms with E-state index in [-0.39, 0.29) is 0 Å². The normalized spacial score (nSPS) is 12.9. The van der Waals surface area contributed by atoms with E-state index >= 15 is 0 Å². The van der Waals surface area contributed by atoms with Crippen LogP contribution in [0.1, 0.15) is 213 Å². The van der Waals surface area contributed by atoms with Gasteiger partial charge in [0.05, 0.1) is 0 Å². The molecule has 0 heterocycles. The number of rotatable bonds is 40. The summed E-state index contributed by atoms with van der Waals surface area (Å²) in [6, 6.07) is 0. The van der Waals surface area contributed by atoms with Crippen molar-refractivity contribution < 1.29 is 4.79 Å². The second kappa shape index (κ2) is 42.6. The summed E-state index contributed by atoms with van der Waals surface area (Å²) >= 11 is 0. The molecule has 0 aromatic heterocycles. The Morgan fingerprint density at radius 1 is 0.510 bits per heavy atom. The number of carbonyl (C=O) groups excluding carboxylic acids is 1. The summed E-state index contributed by atoms with van der Waals surface area (Å²) in [7, 11) is 1.97. The van der Waals surface area contributed by atoms with Gasteiger partial charge in [0.1, 0.15) is 5.78 Å². The maximum atomic E-state index is 12.7. The molecule has 0 aromatic carbocycles. The first kappa shape index (κ1) is 47.4. The summed E-state index contributed by atoms with van der Waals surface area (Å²) in [5, 5.41) is 3.18. The van der Waals surface area contributed by atoms with Gasteiger partial charge in [-0.1, -0.05) is 154 Å². The minimum absolute atomic E-state index is 0.487. The summed E-state index contributed by atoms with van der Waals surface area (Å²) in [6.45, 7) is 7.37. The Labute approximate surface area is 307 Å². The van der Waals surface area contributed by atoms with Crippen LogP contribution >= 0.6 is 0 Å². The standard InChI is InChI=1S/C45H85N3O/c1-4-6-8-10-12-18-24-30-39-47-41-32-26-20-14-16-22-28-35-44(43-45(49)37-34-38-46-3)36-29-23-17-15-21-27-33-42-48-40-31-25-19-13-11-9-7-5-2/h18-19,24-25,41-42,44,46H,4-17,20-23,26-40,43H2,1-3H3/b24-18-,25-19-,47-41?,48-42?. The Kier molecular flexibility index (Phi) is 41.3. The first-order chi connectivity index (χ1) is 24.2. The molecule has 4 heteroatoms. The molecule has 0 aromatic rings. The summed E-state index contributed by atoms with van der Waals surface area (Å²) < 4.78 is 0. The highest BCUT2D eigenvalue weighted by Crippen LogP contribution is 2.23. The highest BCUT2D eigenvalue weighted by molar-refractivity contribution is 5.78. The van der Waals surface area contributed by atoms with Crippen LogP contribution in [-0.2, 0) is 4.79 Å². The number of unbranched alkanes of at least 4 members (excludes halogenated alkanes) is 20. The highest BCUT2D eigenvalue weighted by Gasteiger charge is 2.13. The first-order valence-corrected chi connectivity index (χ1v) is 21.7. The van der Waals surface area contributed by atoms with Gasteiger partial charge in [0, 0.05) is 25.9 Å². The average Bonchev–Trinajstić information content (AvgIpc) is 3.10. The number of carbonyl (C=O) groups is 1. The zero-order valence-electron chi connectivity index (χ0n) is 33.4. The van der Waals surface area contributed by atoms with Crippen molar-refractivity contribution in [3.8, 4) is 0 Å². The summed E-state index contributed by atoms with van der Waals surface area (Å²) in [4.78, 5) is 21.8. The maximum absolute atomic E-state index is 12.7. The first-order valence-electron chi connectivity index (χ1n) is 21.7. The van der Waals surface area contributed by atoms with Crippen molar-refractivity contribution in [1.82, 2.24) is 5.32 Å². The molecule has 0 saturated carbocycles. The van der Waals surface area contributed by atoms with E-state index in [0.29, 0.717) is 11.7 Å². The highest BCUT2D eigenvalue weighted by atomic mass is 16.1. The van der Waals surface area contributed by atoms with Crippen LogP contribution in [0.15, 0.2) is 34.3 Å². The van der Waals surface area contributed by atoms with Crippen molar-refractivity contribution >= 4 is 18.2 Å². The third-order valence-electron chi connectivity index (χ3n) is 9.68. The van der Waals surface area contributed by atoms with E-state index in [1.54, 1.807) is 0 Å². The zero-order chi connectivity index (χ0) is 35.6. The van der Waals surface area contributed by atoms with Gasteiger partial charge in [-0.05, 0) is 103 Å². The molecule has 0 unspecified atom stereocenters. The topological polar surface area (TPSA) is 53.8 Å². The fraction of sp³-hybridized carbons (Fsp3) is 0.844. The Balaban J connectivity index is 3.91. The van der Waals surface area contributed by atoms with Crippen molar-refractivity contribution in [3.05, 3.63) is 24.3 Å². The average molecular weight is 684 g/mol. The number of Topliss-reactive ketones (excluding diaryl/α,β-unsaturated/α-hetero) is 1. The molecule has 0 bridgehead atoms. The van der Waals surface area contributed by atoms with E-state index in [1.165, 1.54) is 154 Å². The number of nitrogens with one attached hydrogen (secondary N) is 1. The number of allylic oxidation sites excluding steroid dienone is 2. The van der Waals surface area contributed by atoms with Gasteiger partial charge in [0.25, 0.3) is 0 Å². The minimum Gasteiger partial charge on any atom is -0.320 e. The Morgan fingerprint density at radius 2 is 0.918 bits per heavy atom. The second-order valence-electron chi connectivity index (χ2n) is 14.6. The van der Waals surface area contributed by atoms with Gasteiger partial charge in [0.15, 0.2) is 0 Å². The lowest BCUT2D eigenvalue weighted by Gasteiger charge is -2.16. The van der Waals surface area contributed by atoms with E-state index in [1.807, 2.05) is 7.05 Å². The molecule has 0 fully saturated rings. The molecular weight excluding hydrogens is 599 g/mol. The molecule has 49 heavy (non-hydrogen) atoms. The molecule has 0 spiro atoms. The molecule has 1 N–H and O–H groups in total. The summed E-state index contributed by atoms with van der Waals surface area (Å²) in [6.07, 6.45) is 52.0. The lowest BCUT2D eigenvalue weighted by molar-refractivity contribution is -0.120. The molecule has 286 valence electrons. The van der Waals surface area contributed by atoms with E-state index in [4.69, 9.17) is 0 Å². The van der Waals surface area contributed by atoms with E-state index < -0.39 is 0 Å². The molecule has 0 atom stereocenters. The van der Waals surface area contributed by atoms with Crippen LogP contribution < -0.4 is 5.32 Å². The zero-order valence-corrected chi connectivity index (χ0v) is 33.4. The van der Waals surface area contributed by atoms with E-state index in [2.05, 4.69) is 65.9 Å². The van der Waals surface area contributed by atoms with Crippen LogP contribution in [0.4, 0.5) is 0 Å². The molecule has 0 amide bonds. The number of hydrogen-bond acceptors (Lipinski definition) is 4. The van der Waals surface area contributed by atoms with Crippen molar-refractivity contribution in [3.63, 3.8) is 0 Å². The monoisotopic (exact) mass is 684 g/mol. The lowest BCUT2D eigenvalue weighted by atomic mass is 9.89. The Morgan fingerprint density at radius 3 is 1.39 bits per heavy atom. The fourth-order valence-corrected chi connectivity index (χ4v) is 6.50. The predicted molar refractivity (Wildman–Crippen MR) is 222 cm³/mol. The third-order valence-corrected chi connectivity index (χ3v) is 9.68. The van der Waals surface area contributed by atoms with Gasteiger partial charge < -0.3 is 5.32 Å². The lowest BCUT2D eigenvalue weighted by Crippen LogP contribution is -2.13. The minimum atomic E-state index is 0.487. The molecule has 0 aliphatic carbocycles. The predicted octanol–water partition coefficient (Wildman–Crippen LogP) is 13.8. The van der Waals surface area contributed by atoms with Crippen LogP contribution in [-0.4, -0.2) is 44.9 Å². The molecule has 0 rings (SSSR count). The molecule has 0 radical (unpaired) electrons. The van der Waals surface area contributed by atoms with Gasteiger partial charge in [-0.2, -0.15) is 0 Å². The van der Waals surface area contributed by atoms with Crippen LogP contribution in [0.25, 0.3) is 0 Å². The molecule has 4 nitrogen and oxygen atoms in total. The van der Waals surface area contributed by atoms with Crippen molar-refractivity contribution in [2.24, 2.45) is 15.9 Å². The second-order valence-corrected chi connectivity index (χ2v) is 14.6. The quantitative estimate of drug-likeness (QED) is 0.0397. The molecular formula is C45H85N3O. The van der Waals surface area contributed by atoms with Crippen LogP contribution in [0, 0.1) is 5.92 Å². The number of nitrogens with zero attached hydrogens (tertiary/aromatic N) is 2. The van der Waals surface area contributed by atoms with E-state index in [0.717, 1.165) is 64.6 Å². The van der Waals surface area contributed by atoms with Crippen molar-refractivity contribution in [2.75, 3.05) is 26.7 Å². The van der Waals surface area contributed by atoms with Gasteiger partial charge in [-0.15, -0.1) is 0 Å². The SMILES string of the molecule is CCCCCC/C=C\CCN=CCCCCCCCCC(CCCCCCCCC=NCC/C=C\CCCCCC)CC(=O)CCCNC. The molecule has 0 aliphatic heterocycles. The van der Waals surface area contributed by atoms with Crippen LogP contribution in [0.2, 0.25) is 0 Å². The number of hydrogen-bond donors (Lipinski definition) is 1. The summed E-state index contributed by atoms with van der Waals surface area (Å²) in [5.41, 5.74) is 0. The Bertz CT molecular complexity index is 719. The van der Waals surface area contributed by atoms with Crippen molar-refractivity contribution in [1.29, 1.82) is 0 Å². The maximum Gasteiger partial charge on any atom is 0.133 e. The van der Waals surface area contributed by atoms with Gasteiger partial charge >= 0.3 is 0 Å². The summed E-state index contributed by atoms with van der Waals surface area (Å²) in [5.74, 6) is 1.08. The van der Waals surface area contributed by atoms with Gasteiger partial charge in [-0.25, -0.2) is 0 Å². The van der Waals surface area contributed by atoms with Crippen LogP contribution in [0.5, 0.6) is 0 Å². The van der Waals surface area contributed by atoms with Crippen molar-refractivity contribution in [2.45, 2.75) is 213 Å². The molecule has 0 saturated heterocycles. The number of ketones is 1. The van der Waals surface area contributed by atoms with E-state index in [9.17, 15) is 4.79 Å². The molecule has 0 aliphatic rings. The van der Waals surface area contributed by atoms with Gasteiger partial charge in [-0.3, -0.25) is 14.8 Å². The fourth-order valence-electron chi connectivity index (χ4n) is 6.50. The largest absolute Gasteiger partial charge is 0.320 e. The smallest absolute Gasteiger partial charge is 0.133 e. The van der Waals surface area contributed by atoms with Gasteiger partial charge in [0.2, 0.25) is 0 Å². The Hall–Kier alpha value is -1.55. The van der Waals surface area contributed by atoms with Crippen LogP contribution in [0.3, 0.4) is 0 Å². The number of aliphatic imine (C=N–C) groups is 2.